The minimum absolute atomic E-state index is 0.0300. The molecule has 0 spiro atoms. The van der Waals surface area contributed by atoms with Gasteiger partial charge in [0.15, 0.2) is 0 Å². The molecule has 0 unspecified atom stereocenters. The first-order valence-electron chi connectivity index (χ1n) is 10.5. The van der Waals surface area contributed by atoms with Gasteiger partial charge in [-0.25, -0.2) is 4.39 Å². The number of hydrogen-bond donors (Lipinski definition) is 0. The summed E-state index contributed by atoms with van der Waals surface area (Å²) in [4.78, 5) is 15.4. The second-order valence-electron chi connectivity index (χ2n) is 9.12. The Labute approximate surface area is 163 Å². The van der Waals surface area contributed by atoms with Crippen molar-refractivity contribution in [3.8, 4) is 0 Å². The second-order valence-corrected chi connectivity index (χ2v) is 9.12. The van der Waals surface area contributed by atoms with Gasteiger partial charge < -0.3 is 9.64 Å². The van der Waals surface area contributed by atoms with Crippen LogP contribution < -0.4 is 0 Å². The third-order valence-electron chi connectivity index (χ3n) is 6.65. The third-order valence-corrected chi connectivity index (χ3v) is 6.65. The summed E-state index contributed by atoms with van der Waals surface area (Å²) < 4.78 is 19.5. The summed E-state index contributed by atoms with van der Waals surface area (Å²) in [6.45, 7) is 8.37. The number of esters is 1. The van der Waals surface area contributed by atoms with Gasteiger partial charge in [0.1, 0.15) is 11.9 Å². The number of halogens is 1. The van der Waals surface area contributed by atoms with Crippen LogP contribution in [0.3, 0.4) is 0 Å². The van der Waals surface area contributed by atoms with Gasteiger partial charge in [0.05, 0.1) is 5.92 Å². The molecule has 1 aliphatic heterocycles. The van der Waals surface area contributed by atoms with Crippen LogP contribution in [0.25, 0.3) is 0 Å². The highest BCUT2D eigenvalue weighted by Gasteiger charge is 2.39. The summed E-state index contributed by atoms with van der Waals surface area (Å²) in [5.74, 6) is 1.21. The molecule has 0 aromatic heterocycles. The second kappa shape index (κ2) is 8.72. The highest BCUT2D eigenvalue weighted by Crippen LogP contribution is 2.38. The molecule has 0 N–H and O–H groups in total. The van der Waals surface area contributed by atoms with Crippen molar-refractivity contribution in [2.24, 2.45) is 23.7 Å². The van der Waals surface area contributed by atoms with Crippen LogP contribution in [-0.4, -0.2) is 37.1 Å². The molecule has 1 heterocycles. The van der Waals surface area contributed by atoms with Crippen LogP contribution >= 0.6 is 0 Å². The number of rotatable bonds is 4. The summed E-state index contributed by atoms with van der Waals surface area (Å²) in [7, 11) is 2.06. The van der Waals surface area contributed by atoms with E-state index in [2.05, 4.69) is 32.7 Å². The Hall–Kier alpha value is -1.42. The molecule has 2 aliphatic rings. The molecule has 1 saturated heterocycles. The maximum atomic E-state index is 13.3. The number of hydrogen-bond acceptors (Lipinski definition) is 3. The van der Waals surface area contributed by atoms with Crippen molar-refractivity contribution in [1.82, 2.24) is 4.90 Å². The van der Waals surface area contributed by atoms with E-state index in [-0.39, 0.29) is 29.7 Å². The molecule has 5 atom stereocenters. The molecule has 1 aliphatic carbocycles. The van der Waals surface area contributed by atoms with E-state index in [0.717, 1.165) is 31.4 Å². The van der Waals surface area contributed by atoms with Crippen molar-refractivity contribution in [2.45, 2.75) is 58.5 Å². The first-order chi connectivity index (χ1) is 12.8. The molecule has 150 valence electrons. The number of likely N-dealkylation sites (tertiary alicyclic amines) is 1. The van der Waals surface area contributed by atoms with Crippen LogP contribution in [0.1, 0.15) is 57.9 Å². The lowest BCUT2D eigenvalue weighted by atomic mass is 9.75. The summed E-state index contributed by atoms with van der Waals surface area (Å²) in [5.41, 5.74) is 1.05. The van der Waals surface area contributed by atoms with Crippen molar-refractivity contribution in [3.63, 3.8) is 0 Å². The number of carbonyl (C=O) groups is 1. The maximum absolute atomic E-state index is 13.3. The molecule has 3 rings (SSSR count). The average Bonchev–Trinajstić information content (AvgIpc) is 2.62. The van der Waals surface area contributed by atoms with Gasteiger partial charge in [-0.2, -0.15) is 0 Å². The van der Waals surface area contributed by atoms with Gasteiger partial charge in [0, 0.05) is 6.54 Å². The predicted molar refractivity (Wildman–Crippen MR) is 106 cm³/mol. The molecule has 27 heavy (non-hydrogen) atoms. The average molecular weight is 376 g/mol. The highest BCUT2D eigenvalue weighted by atomic mass is 19.1. The third kappa shape index (κ3) is 4.90. The van der Waals surface area contributed by atoms with E-state index in [1.807, 2.05) is 12.1 Å². The Kier molecular flexibility index (Phi) is 6.56. The van der Waals surface area contributed by atoms with Gasteiger partial charge >= 0.3 is 5.97 Å². The fraction of sp³-hybridized carbons (Fsp3) is 0.696. The molecule has 4 heteroatoms. The number of piperidine rings is 1. The standard InChI is InChI=1S/C23H34FNO2/c1-15(2)19-10-5-16(3)13-22(19)27-23(26)21-14-25(4)12-11-20(21)17-6-8-18(24)9-7-17/h6-9,15-16,19-22H,5,10-14H2,1-4H3/t16-,19+,20-,21+,22-/m1/s1. The smallest absolute Gasteiger partial charge is 0.311 e. The highest BCUT2D eigenvalue weighted by molar-refractivity contribution is 5.74. The van der Waals surface area contributed by atoms with Crippen LogP contribution in [0.5, 0.6) is 0 Å². The van der Waals surface area contributed by atoms with E-state index in [0.29, 0.717) is 24.3 Å². The van der Waals surface area contributed by atoms with Crippen LogP contribution in [0.4, 0.5) is 4.39 Å². The summed E-state index contributed by atoms with van der Waals surface area (Å²) in [6, 6.07) is 6.64. The quantitative estimate of drug-likeness (QED) is 0.704. The molecule has 3 nitrogen and oxygen atoms in total. The van der Waals surface area contributed by atoms with Crippen molar-refractivity contribution in [3.05, 3.63) is 35.6 Å². The monoisotopic (exact) mass is 375 g/mol. The summed E-state index contributed by atoms with van der Waals surface area (Å²) in [5, 5.41) is 0. The van der Waals surface area contributed by atoms with E-state index in [1.54, 1.807) is 0 Å². The molecular formula is C23H34FNO2. The van der Waals surface area contributed by atoms with Crippen molar-refractivity contribution in [2.75, 3.05) is 20.1 Å². The van der Waals surface area contributed by atoms with Gasteiger partial charge in [-0.3, -0.25) is 4.79 Å². The Morgan fingerprint density at radius 2 is 1.89 bits per heavy atom. The zero-order valence-electron chi connectivity index (χ0n) is 17.2. The molecule has 0 amide bonds. The molecule has 0 radical (unpaired) electrons. The molecule has 0 bridgehead atoms. The molecule has 1 aromatic carbocycles. The molecule has 1 saturated carbocycles. The van der Waals surface area contributed by atoms with E-state index in [1.165, 1.54) is 18.6 Å². The van der Waals surface area contributed by atoms with Crippen LogP contribution in [0.2, 0.25) is 0 Å². The van der Waals surface area contributed by atoms with Crippen molar-refractivity contribution < 1.29 is 13.9 Å². The Morgan fingerprint density at radius 1 is 1.19 bits per heavy atom. The van der Waals surface area contributed by atoms with Gasteiger partial charge in [-0.15, -0.1) is 0 Å². The molecule has 1 aromatic rings. The van der Waals surface area contributed by atoms with Gasteiger partial charge in [-0.05, 0) is 74.2 Å². The van der Waals surface area contributed by atoms with E-state index in [4.69, 9.17) is 4.74 Å². The Bertz CT molecular complexity index is 630. The Morgan fingerprint density at radius 3 is 2.56 bits per heavy atom. The molecular weight excluding hydrogens is 341 g/mol. The van der Waals surface area contributed by atoms with E-state index < -0.39 is 0 Å². The van der Waals surface area contributed by atoms with Gasteiger partial charge in [0.25, 0.3) is 0 Å². The lowest BCUT2D eigenvalue weighted by Gasteiger charge is -2.40. The normalized spacial score (nSPS) is 32.4. The Balaban J connectivity index is 1.75. The predicted octanol–water partition coefficient (Wildman–Crippen LogP) is 4.87. The lowest BCUT2D eigenvalue weighted by molar-refractivity contribution is -0.163. The van der Waals surface area contributed by atoms with Crippen molar-refractivity contribution in [1.29, 1.82) is 0 Å². The van der Waals surface area contributed by atoms with Crippen molar-refractivity contribution >= 4 is 5.97 Å². The van der Waals surface area contributed by atoms with Gasteiger partial charge in [0.2, 0.25) is 0 Å². The zero-order chi connectivity index (χ0) is 19.6. The first-order valence-corrected chi connectivity index (χ1v) is 10.5. The molecule has 2 fully saturated rings. The first kappa shape index (κ1) is 20.3. The van der Waals surface area contributed by atoms with E-state index in [9.17, 15) is 9.18 Å². The number of carbonyl (C=O) groups excluding carboxylic acids is 1. The topological polar surface area (TPSA) is 29.5 Å². The largest absolute Gasteiger partial charge is 0.462 e. The SMILES string of the molecule is CC(C)[C@@H]1CC[C@@H](C)C[C@H]1OC(=O)[C@H]1CN(C)CC[C@@H]1c1ccc(F)cc1. The van der Waals surface area contributed by atoms with Gasteiger partial charge in [-0.1, -0.05) is 39.3 Å². The van der Waals surface area contributed by atoms with Crippen LogP contribution in [0.15, 0.2) is 24.3 Å². The minimum atomic E-state index is -0.234. The number of nitrogens with zero attached hydrogens (tertiary/aromatic N) is 1. The lowest BCUT2D eigenvalue weighted by Crippen LogP contribution is -2.44. The zero-order valence-corrected chi connectivity index (χ0v) is 17.2. The van der Waals surface area contributed by atoms with E-state index >= 15 is 0 Å². The number of benzene rings is 1. The minimum Gasteiger partial charge on any atom is -0.462 e. The fourth-order valence-electron chi connectivity index (χ4n) is 4.95. The maximum Gasteiger partial charge on any atom is 0.311 e. The van der Waals surface area contributed by atoms with Crippen LogP contribution in [0, 0.1) is 29.5 Å². The fourth-order valence-corrected chi connectivity index (χ4v) is 4.95. The summed E-state index contributed by atoms with van der Waals surface area (Å²) in [6.07, 6.45) is 4.27. The summed E-state index contributed by atoms with van der Waals surface area (Å²) >= 11 is 0. The number of ether oxygens (including phenoxy) is 1. The van der Waals surface area contributed by atoms with Crippen LogP contribution in [-0.2, 0) is 9.53 Å².